The average molecular weight is 510 g/mol. The van der Waals surface area contributed by atoms with Crippen molar-refractivity contribution in [3.63, 3.8) is 0 Å². The van der Waals surface area contributed by atoms with Crippen LogP contribution in [0.25, 0.3) is 17.2 Å². The smallest absolute Gasteiger partial charge is 0.158 e. The van der Waals surface area contributed by atoms with Gasteiger partial charge in [-0.15, -0.1) is 0 Å². The molecular weight excluding hydrogens is 462 g/mol. The van der Waals surface area contributed by atoms with Crippen LogP contribution in [-0.4, -0.2) is 8.24 Å². The molecule has 1 nitrogen and oxygen atoms in total. The summed E-state index contributed by atoms with van der Waals surface area (Å²) in [7, 11) is -1.93. The predicted octanol–water partition coefficient (Wildman–Crippen LogP) is 10.4. The molecule has 0 bridgehead atoms. The van der Waals surface area contributed by atoms with E-state index in [4.69, 9.17) is 0 Å². The molecule has 196 valence electrons. The van der Waals surface area contributed by atoms with Gasteiger partial charge in [-0.3, -0.25) is 0 Å². The van der Waals surface area contributed by atoms with Crippen molar-refractivity contribution in [3.8, 4) is 11.1 Å². The molecule has 3 aromatic rings. The third kappa shape index (κ3) is 5.50. The summed E-state index contributed by atoms with van der Waals surface area (Å²) >= 11 is 0. The van der Waals surface area contributed by atoms with Gasteiger partial charge < -0.3 is 4.98 Å². The molecule has 0 fully saturated rings. The van der Waals surface area contributed by atoms with Crippen LogP contribution in [-0.2, 0) is 10.8 Å². The third-order valence-corrected chi connectivity index (χ3v) is 11.1. The summed E-state index contributed by atoms with van der Waals surface area (Å²) < 4.78 is 0. The largest absolute Gasteiger partial charge is 0.410 e. The van der Waals surface area contributed by atoms with Gasteiger partial charge in [-0.05, 0) is 68.7 Å². The van der Waals surface area contributed by atoms with Crippen molar-refractivity contribution in [3.05, 3.63) is 94.1 Å². The normalized spacial score (nSPS) is 16.1. The van der Waals surface area contributed by atoms with Crippen LogP contribution in [0.2, 0.25) is 13.1 Å². The monoisotopic (exact) mass is 509 g/mol. The molecule has 0 amide bonds. The van der Waals surface area contributed by atoms with E-state index < -0.39 is 8.24 Å². The average Bonchev–Trinajstić information content (AvgIpc) is 3.14. The highest BCUT2D eigenvalue weighted by Crippen LogP contribution is 2.46. The molecule has 0 radical (unpaired) electrons. The second-order valence-corrected chi connectivity index (χ2v) is 18.3. The summed E-state index contributed by atoms with van der Waals surface area (Å²) in [5.41, 5.74) is 13.3. The van der Waals surface area contributed by atoms with Gasteiger partial charge in [-0.1, -0.05) is 135 Å². The third-order valence-electron chi connectivity index (χ3n) is 8.02. The van der Waals surface area contributed by atoms with E-state index in [1.54, 1.807) is 0 Å². The molecule has 1 atom stereocenters. The molecule has 1 unspecified atom stereocenters. The van der Waals surface area contributed by atoms with Crippen LogP contribution in [0, 0.1) is 0 Å². The van der Waals surface area contributed by atoms with Crippen molar-refractivity contribution < 1.29 is 0 Å². The summed E-state index contributed by atoms with van der Waals surface area (Å²) in [5.74, 6) is 0.500. The van der Waals surface area contributed by atoms with Gasteiger partial charge in [0.05, 0.1) is 0 Å². The Morgan fingerprint density at radius 1 is 0.784 bits per heavy atom. The molecular formula is C35H47NSi. The van der Waals surface area contributed by atoms with E-state index in [2.05, 4.69) is 147 Å². The minimum Gasteiger partial charge on any atom is -0.410 e. The van der Waals surface area contributed by atoms with Crippen molar-refractivity contribution in [2.75, 3.05) is 4.98 Å². The van der Waals surface area contributed by atoms with Gasteiger partial charge in [0.25, 0.3) is 0 Å². The molecule has 2 heteroatoms. The SMILES string of the molecule is CC1=Cc2c(-c3cc(C(C)(C)C)cc(C(C)(C)C)c3)cccc2C1[Si](C)(C)Nc1ccccc1C(C)C. The summed E-state index contributed by atoms with van der Waals surface area (Å²) in [6.07, 6.45) is 2.47. The van der Waals surface area contributed by atoms with Gasteiger partial charge in [0.15, 0.2) is 8.24 Å². The maximum absolute atomic E-state index is 4.10. The zero-order valence-electron chi connectivity index (χ0n) is 25.0. The Kier molecular flexibility index (Phi) is 7.14. The van der Waals surface area contributed by atoms with E-state index in [0.717, 1.165) is 0 Å². The standard InChI is InChI=1S/C35H47NSi/c1-23(2)28-15-12-13-18-32(28)36-37(10,11)33-24(3)19-31-29(16-14-17-30(31)33)25-20-26(34(4,5)6)22-27(21-25)35(7,8)9/h12-23,33,36H,1-11H3. The number of hydrogen-bond donors (Lipinski definition) is 1. The van der Waals surface area contributed by atoms with E-state index in [9.17, 15) is 0 Å². The Hall–Kier alpha value is -2.58. The molecule has 37 heavy (non-hydrogen) atoms. The lowest BCUT2D eigenvalue weighted by atomic mass is 9.78. The number of anilines is 1. The Balaban J connectivity index is 1.82. The first-order valence-electron chi connectivity index (χ1n) is 13.9. The number of nitrogens with one attached hydrogen (secondary N) is 1. The maximum Gasteiger partial charge on any atom is 0.158 e. The van der Waals surface area contributed by atoms with Crippen molar-refractivity contribution in [2.24, 2.45) is 0 Å². The lowest BCUT2D eigenvalue weighted by molar-refractivity contribution is 0.569. The molecule has 0 aromatic heterocycles. The zero-order chi connectivity index (χ0) is 27.3. The van der Waals surface area contributed by atoms with Crippen LogP contribution in [0.4, 0.5) is 5.69 Å². The number of fused-ring (bicyclic) bond motifs is 1. The molecule has 1 aliphatic carbocycles. The quantitative estimate of drug-likeness (QED) is 0.337. The highest BCUT2D eigenvalue weighted by atomic mass is 28.3. The summed E-state index contributed by atoms with van der Waals surface area (Å²) in [6, 6.07) is 23.1. The first-order chi connectivity index (χ1) is 17.1. The highest BCUT2D eigenvalue weighted by molar-refractivity contribution is 6.82. The first-order valence-corrected chi connectivity index (χ1v) is 17.0. The predicted molar refractivity (Wildman–Crippen MR) is 167 cm³/mol. The van der Waals surface area contributed by atoms with E-state index in [0.29, 0.717) is 11.5 Å². The molecule has 1 aliphatic rings. The second-order valence-electron chi connectivity index (χ2n) is 14.0. The Morgan fingerprint density at radius 2 is 1.38 bits per heavy atom. The number of rotatable bonds is 5. The molecule has 0 spiro atoms. The lowest BCUT2D eigenvalue weighted by Gasteiger charge is -2.35. The molecule has 0 saturated heterocycles. The lowest BCUT2D eigenvalue weighted by Crippen LogP contribution is -2.44. The molecule has 1 N–H and O–H groups in total. The van der Waals surface area contributed by atoms with Crippen LogP contribution >= 0.6 is 0 Å². The van der Waals surface area contributed by atoms with Crippen LogP contribution < -0.4 is 4.98 Å². The minimum atomic E-state index is -1.93. The van der Waals surface area contributed by atoms with Gasteiger partial charge >= 0.3 is 0 Å². The maximum atomic E-state index is 4.10. The van der Waals surface area contributed by atoms with Gasteiger partial charge in [-0.25, -0.2) is 0 Å². The van der Waals surface area contributed by atoms with Crippen molar-refractivity contribution in [2.45, 2.75) is 97.7 Å². The number of benzene rings is 3. The topological polar surface area (TPSA) is 12.0 Å². The van der Waals surface area contributed by atoms with Crippen molar-refractivity contribution in [1.82, 2.24) is 0 Å². The summed E-state index contributed by atoms with van der Waals surface area (Å²) in [6.45, 7) is 25.8. The number of hydrogen-bond acceptors (Lipinski definition) is 1. The number of para-hydroxylation sites is 1. The molecule has 3 aromatic carbocycles. The van der Waals surface area contributed by atoms with E-state index in [1.165, 1.54) is 50.2 Å². The van der Waals surface area contributed by atoms with Gasteiger partial charge in [0.2, 0.25) is 0 Å². The van der Waals surface area contributed by atoms with E-state index >= 15 is 0 Å². The Morgan fingerprint density at radius 3 is 1.95 bits per heavy atom. The van der Waals surface area contributed by atoms with Gasteiger partial charge in [0, 0.05) is 11.2 Å². The van der Waals surface area contributed by atoms with Crippen LogP contribution in [0.1, 0.15) is 102 Å². The summed E-state index contributed by atoms with van der Waals surface area (Å²) in [4.78, 5) is 4.10. The summed E-state index contributed by atoms with van der Waals surface area (Å²) in [5, 5.41) is 0. The highest BCUT2D eigenvalue weighted by Gasteiger charge is 2.39. The number of allylic oxidation sites excluding steroid dienone is 1. The first kappa shape index (κ1) is 27.5. The van der Waals surface area contributed by atoms with E-state index in [-0.39, 0.29) is 10.8 Å². The van der Waals surface area contributed by atoms with E-state index in [1.807, 2.05) is 0 Å². The fourth-order valence-corrected chi connectivity index (χ4v) is 9.26. The van der Waals surface area contributed by atoms with Gasteiger partial charge in [0.1, 0.15) is 0 Å². The Bertz CT molecular complexity index is 1300. The van der Waals surface area contributed by atoms with Crippen molar-refractivity contribution in [1.29, 1.82) is 0 Å². The molecule has 0 saturated carbocycles. The molecule has 0 heterocycles. The van der Waals surface area contributed by atoms with Crippen LogP contribution in [0.15, 0.2) is 66.2 Å². The Labute approximate surface area is 227 Å². The van der Waals surface area contributed by atoms with Crippen LogP contribution in [0.5, 0.6) is 0 Å². The van der Waals surface area contributed by atoms with Crippen molar-refractivity contribution >= 4 is 20.0 Å². The van der Waals surface area contributed by atoms with Gasteiger partial charge in [-0.2, -0.15) is 0 Å². The second kappa shape index (κ2) is 9.62. The fourth-order valence-electron chi connectivity index (χ4n) is 5.94. The fraction of sp³-hybridized carbons (Fsp3) is 0.429. The zero-order valence-corrected chi connectivity index (χ0v) is 26.0. The minimum absolute atomic E-state index is 0.102. The van der Waals surface area contributed by atoms with Crippen LogP contribution in [0.3, 0.4) is 0 Å². The molecule has 0 aliphatic heterocycles. The molecule has 4 rings (SSSR count).